The number of aryl methyl sites for hydroxylation is 2. The second-order valence-corrected chi connectivity index (χ2v) is 5.54. The van der Waals surface area contributed by atoms with Gasteiger partial charge in [0.2, 0.25) is 5.91 Å². The molecule has 106 valence electrons. The van der Waals surface area contributed by atoms with Crippen molar-refractivity contribution in [3.05, 3.63) is 53.6 Å². The minimum absolute atomic E-state index is 0.0561. The Morgan fingerprint density at radius 3 is 2.38 bits per heavy atom. The highest BCUT2D eigenvalue weighted by molar-refractivity contribution is 5.94. The van der Waals surface area contributed by atoms with Gasteiger partial charge < -0.3 is 10.3 Å². The molecule has 3 rings (SSSR count). The molecule has 0 radical (unpaired) electrons. The molecule has 0 unspecified atom stereocenters. The van der Waals surface area contributed by atoms with Crippen LogP contribution in [0, 0.1) is 13.8 Å². The van der Waals surface area contributed by atoms with E-state index in [2.05, 4.69) is 48.4 Å². The van der Waals surface area contributed by atoms with E-state index in [4.69, 9.17) is 0 Å². The average molecular weight is 278 g/mol. The molecule has 21 heavy (non-hydrogen) atoms. The zero-order valence-corrected chi connectivity index (χ0v) is 12.4. The fraction of sp³-hybridized carbons (Fsp3) is 0.167. The van der Waals surface area contributed by atoms with Crippen LogP contribution in [0.15, 0.2) is 42.5 Å². The molecule has 0 saturated heterocycles. The summed E-state index contributed by atoms with van der Waals surface area (Å²) in [7, 11) is 0. The van der Waals surface area contributed by atoms with E-state index in [-0.39, 0.29) is 5.91 Å². The molecule has 0 atom stereocenters. The van der Waals surface area contributed by atoms with Gasteiger partial charge in [-0.2, -0.15) is 0 Å². The molecule has 3 heteroatoms. The molecule has 0 aliphatic carbocycles. The molecule has 0 aliphatic heterocycles. The molecule has 3 aromatic rings. The second kappa shape index (κ2) is 5.09. The smallest absolute Gasteiger partial charge is 0.221 e. The zero-order chi connectivity index (χ0) is 15.0. The molecule has 0 spiro atoms. The van der Waals surface area contributed by atoms with E-state index in [0.717, 1.165) is 22.3 Å². The number of amides is 1. The summed E-state index contributed by atoms with van der Waals surface area (Å²) in [5, 5.41) is 3.90. The summed E-state index contributed by atoms with van der Waals surface area (Å²) in [6.45, 7) is 5.73. The molecule has 1 aromatic heterocycles. The summed E-state index contributed by atoms with van der Waals surface area (Å²) in [6, 6.07) is 14.5. The lowest BCUT2D eigenvalue weighted by Gasteiger charge is -2.02. The van der Waals surface area contributed by atoms with Gasteiger partial charge in [-0.15, -0.1) is 0 Å². The van der Waals surface area contributed by atoms with Crippen molar-refractivity contribution in [3.8, 4) is 11.3 Å². The van der Waals surface area contributed by atoms with Crippen molar-refractivity contribution in [1.29, 1.82) is 0 Å². The Bertz CT molecular complexity index is 810. The maximum Gasteiger partial charge on any atom is 0.221 e. The normalized spacial score (nSPS) is 10.8. The molecular weight excluding hydrogens is 260 g/mol. The molecule has 2 aromatic carbocycles. The standard InChI is InChI=1S/C18H18N2O/c1-11-6-12(2)8-14(7-11)18-10-15-9-16(19-13(3)21)4-5-17(15)20-18/h4-10,20H,1-3H3,(H,19,21). The van der Waals surface area contributed by atoms with Crippen molar-refractivity contribution >= 4 is 22.5 Å². The minimum Gasteiger partial charge on any atom is -0.355 e. The lowest BCUT2D eigenvalue weighted by atomic mass is 10.1. The fourth-order valence-electron chi connectivity index (χ4n) is 2.70. The van der Waals surface area contributed by atoms with Gasteiger partial charge in [0.05, 0.1) is 0 Å². The third kappa shape index (κ3) is 2.82. The fourth-order valence-corrected chi connectivity index (χ4v) is 2.70. The van der Waals surface area contributed by atoms with Gasteiger partial charge in [0, 0.05) is 29.2 Å². The number of H-pyrrole nitrogens is 1. The number of nitrogens with one attached hydrogen (secondary N) is 2. The van der Waals surface area contributed by atoms with Gasteiger partial charge in [-0.25, -0.2) is 0 Å². The highest BCUT2D eigenvalue weighted by Crippen LogP contribution is 2.27. The summed E-state index contributed by atoms with van der Waals surface area (Å²) in [4.78, 5) is 14.6. The van der Waals surface area contributed by atoms with Crippen LogP contribution >= 0.6 is 0 Å². The summed E-state index contributed by atoms with van der Waals surface area (Å²) in [6.07, 6.45) is 0. The first-order valence-corrected chi connectivity index (χ1v) is 7.00. The van der Waals surface area contributed by atoms with Crippen LogP contribution < -0.4 is 5.32 Å². The predicted octanol–water partition coefficient (Wildman–Crippen LogP) is 4.41. The van der Waals surface area contributed by atoms with Gasteiger partial charge in [-0.1, -0.05) is 17.2 Å². The molecular formula is C18H18N2O. The Labute approximate surface area is 124 Å². The lowest BCUT2D eigenvalue weighted by Crippen LogP contribution is -2.05. The number of fused-ring (bicyclic) bond motifs is 1. The molecule has 0 fully saturated rings. The zero-order valence-electron chi connectivity index (χ0n) is 12.4. The molecule has 0 aliphatic rings. The number of carbonyl (C=O) groups is 1. The van der Waals surface area contributed by atoms with Crippen LogP contribution in [0.25, 0.3) is 22.2 Å². The summed E-state index contributed by atoms with van der Waals surface area (Å²) < 4.78 is 0. The topological polar surface area (TPSA) is 44.9 Å². The van der Waals surface area contributed by atoms with Gasteiger partial charge in [0.25, 0.3) is 0 Å². The van der Waals surface area contributed by atoms with Crippen molar-refractivity contribution in [3.63, 3.8) is 0 Å². The summed E-state index contributed by atoms with van der Waals surface area (Å²) >= 11 is 0. The minimum atomic E-state index is -0.0561. The first-order chi connectivity index (χ1) is 10.0. The highest BCUT2D eigenvalue weighted by atomic mass is 16.1. The lowest BCUT2D eigenvalue weighted by molar-refractivity contribution is -0.114. The first-order valence-electron chi connectivity index (χ1n) is 7.00. The maximum atomic E-state index is 11.1. The molecule has 3 nitrogen and oxygen atoms in total. The molecule has 2 N–H and O–H groups in total. The summed E-state index contributed by atoms with van der Waals surface area (Å²) in [5.74, 6) is -0.0561. The molecule has 0 bridgehead atoms. The maximum absolute atomic E-state index is 11.1. The first kappa shape index (κ1) is 13.4. The van der Waals surface area contributed by atoms with E-state index in [1.165, 1.54) is 23.6 Å². The quantitative estimate of drug-likeness (QED) is 0.716. The number of hydrogen-bond acceptors (Lipinski definition) is 1. The SMILES string of the molecule is CC(=O)Nc1ccc2[nH]c(-c3cc(C)cc(C)c3)cc2c1. The Morgan fingerprint density at radius 2 is 1.71 bits per heavy atom. The van der Waals surface area contributed by atoms with Crippen molar-refractivity contribution < 1.29 is 4.79 Å². The van der Waals surface area contributed by atoms with Crippen LogP contribution in [-0.2, 0) is 4.79 Å². The van der Waals surface area contributed by atoms with Crippen LogP contribution in [0.5, 0.6) is 0 Å². The Hall–Kier alpha value is -2.55. The van der Waals surface area contributed by atoms with Crippen molar-refractivity contribution in [2.24, 2.45) is 0 Å². The van der Waals surface area contributed by atoms with E-state index in [9.17, 15) is 4.79 Å². The van der Waals surface area contributed by atoms with Gasteiger partial charge in [0.1, 0.15) is 0 Å². The van der Waals surface area contributed by atoms with Gasteiger partial charge in [-0.3, -0.25) is 4.79 Å². The van der Waals surface area contributed by atoms with Crippen molar-refractivity contribution in [1.82, 2.24) is 4.98 Å². The van der Waals surface area contributed by atoms with Crippen LogP contribution in [0.1, 0.15) is 18.1 Å². The third-order valence-corrected chi connectivity index (χ3v) is 3.47. The van der Waals surface area contributed by atoms with Crippen LogP contribution in [0.2, 0.25) is 0 Å². The van der Waals surface area contributed by atoms with Crippen LogP contribution in [0.4, 0.5) is 5.69 Å². The van der Waals surface area contributed by atoms with Crippen molar-refractivity contribution in [2.45, 2.75) is 20.8 Å². The summed E-state index contributed by atoms with van der Waals surface area (Å²) in [5.41, 5.74) is 6.67. The third-order valence-electron chi connectivity index (χ3n) is 3.47. The highest BCUT2D eigenvalue weighted by Gasteiger charge is 2.06. The number of anilines is 1. The van der Waals surface area contributed by atoms with Crippen molar-refractivity contribution in [2.75, 3.05) is 5.32 Å². The molecule has 0 saturated carbocycles. The number of rotatable bonds is 2. The van der Waals surface area contributed by atoms with Gasteiger partial charge >= 0.3 is 0 Å². The van der Waals surface area contributed by atoms with E-state index >= 15 is 0 Å². The number of aromatic nitrogens is 1. The number of aromatic amines is 1. The largest absolute Gasteiger partial charge is 0.355 e. The second-order valence-electron chi connectivity index (χ2n) is 5.54. The Balaban J connectivity index is 2.06. The molecule has 1 heterocycles. The Morgan fingerprint density at radius 1 is 1.00 bits per heavy atom. The predicted molar refractivity (Wildman–Crippen MR) is 87.5 cm³/mol. The number of carbonyl (C=O) groups excluding carboxylic acids is 1. The Kier molecular flexibility index (Phi) is 3.26. The number of benzene rings is 2. The molecule has 1 amide bonds. The van der Waals surface area contributed by atoms with E-state index in [1.807, 2.05) is 18.2 Å². The van der Waals surface area contributed by atoms with E-state index in [0.29, 0.717) is 0 Å². The van der Waals surface area contributed by atoms with Crippen LogP contribution in [0.3, 0.4) is 0 Å². The van der Waals surface area contributed by atoms with E-state index < -0.39 is 0 Å². The van der Waals surface area contributed by atoms with Gasteiger partial charge in [0.15, 0.2) is 0 Å². The average Bonchev–Trinajstić information content (AvgIpc) is 2.80. The van der Waals surface area contributed by atoms with Gasteiger partial charge in [-0.05, 0) is 55.8 Å². The number of hydrogen-bond donors (Lipinski definition) is 2. The monoisotopic (exact) mass is 278 g/mol. The van der Waals surface area contributed by atoms with Crippen LogP contribution in [-0.4, -0.2) is 10.9 Å². The van der Waals surface area contributed by atoms with E-state index in [1.54, 1.807) is 0 Å².